The number of imidazole rings is 1. The van der Waals surface area contributed by atoms with Crippen molar-refractivity contribution in [1.29, 1.82) is 15.8 Å². The van der Waals surface area contributed by atoms with Gasteiger partial charge in [0, 0.05) is 29.0 Å². The molecule has 510 valence electrons. The minimum atomic E-state index is -5.48. The van der Waals surface area contributed by atoms with E-state index in [1.165, 1.54) is 111 Å². The molecule has 10 rings (SSSR count). The largest absolute Gasteiger partial charge is 0.475 e. The van der Waals surface area contributed by atoms with Crippen LogP contribution in [0.25, 0.3) is 11.2 Å². The summed E-state index contributed by atoms with van der Waals surface area (Å²) in [5.74, 6) is -4.95. The number of aliphatic hydroxyl groups is 1. The summed E-state index contributed by atoms with van der Waals surface area (Å²) < 4.78 is 81.6. The van der Waals surface area contributed by atoms with Crippen molar-refractivity contribution >= 4 is 73.0 Å². The molecule has 32 heteroatoms. The van der Waals surface area contributed by atoms with Crippen molar-refractivity contribution < 1.29 is 79.7 Å². The van der Waals surface area contributed by atoms with E-state index in [4.69, 9.17) is 57.9 Å². The van der Waals surface area contributed by atoms with Crippen LogP contribution in [0.1, 0.15) is 111 Å². The molecule has 9 atom stereocenters. The van der Waals surface area contributed by atoms with E-state index in [0.717, 1.165) is 28.1 Å². The van der Waals surface area contributed by atoms with Crippen LogP contribution in [0, 0.1) is 34.0 Å². The number of imide groups is 1. The maximum Gasteiger partial charge on any atom is 0.475 e. The molecular weight excluding hydrogens is 1340 g/mol. The van der Waals surface area contributed by atoms with Gasteiger partial charge in [-0.15, -0.1) is 0 Å². The first-order valence-corrected chi connectivity index (χ1v) is 34.4. The molecule has 8 aromatic rings. The molecule has 2 amide bonds. The Balaban J connectivity index is 1.09. The smallest absolute Gasteiger partial charge is 0.452 e. The zero-order chi connectivity index (χ0) is 70.7. The van der Waals surface area contributed by atoms with E-state index < -0.39 is 142 Å². The van der Waals surface area contributed by atoms with Crippen LogP contribution < -0.4 is 16.1 Å². The van der Waals surface area contributed by atoms with Gasteiger partial charge in [-0.3, -0.25) is 46.4 Å². The van der Waals surface area contributed by atoms with E-state index in [-0.39, 0.29) is 57.6 Å². The molecule has 3 aromatic heterocycles. The summed E-state index contributed by atoms with van der Waals surface area (Å²) in [4.78, 5) is 115. The fourth-order valence-electron chi connectivity index (χ4n) is 10.5. The first-order valence-electron chi connectivity index (χ1n) is 30.4. The minimum Gasteiger partial charge on any atom is -0.452 e. The molecule has 2 aliphatic heterocycles. The number of phosphoric ester groups is 1. The number of hydrogen-bond donors (Lipinski definition) is 1. The lowest BCUT2D eigenvalue weighted by Crippen LogP contribution is -2.46. The van der Waals surface area contributed by atoms with Crippen LogP contribution in [-0.2, 0) is 62.5 Å². The van der Waals surface area contributed by atoms with E-state index in [9.17, 15) is 54.5 Å². The van der Waals surface area contributed by atoms with Crippen molar-refractivity contribution in [2.24, 2.45) is 0 Å². The summed E-state index contributed by atoms with van der Waals surface area (Å²) in [6, 6.07) is 45.0. The maximum atomic E-state index is 15.9. The fourth-order valence-corrected chi connectivity index (χ4v) is 15.4. The van der Waals surface area contributed by atoms with E-state index in [0.29, 0.717) is 4.57 Å². The van der Waals surface area contributed by atoms with Crippen LogP contribution in [-0.4, -0.2) is 131 Å². The number of amides is 2. The second-order valence-corrected chi connectivity index (χ2v) is 27.7. The summed E-state index contributed by atoms with van der Waals surface area (Å²) >= 11 is 6.09. The van der Waals surface area contributed by atoms with Crippen molar-refractivity contribution in [3.63, 3.8) is 0 Å². The van der Waals surface area contributed by atoms with Gasteiger partial charge in [-0.25, -0.2) is 38.8 Å². The lowest BCUT2D eigenvalue weighted by molar-refractivity contribution is -0.0639. The van der Waals surface area contributed by atoms with Gasteiger partial charge in [-0.05, 0) is 100 Å². The van der Waals surface area contributed by atoms with Gasteiger partial charge in [-0.2, -0.15) is 20.4 Å². The molecule has 5 heterocycles. The molecule has 29 nitrogen and oxygen atoms in total. The third-order valence-corrected chi connectivity index (χ3v) is 19.2. The molecule has 0 saturated carbocycles. The number of nitriles is 3. The first-order chi connectivity index (χ1) is 47.5. The highest BCUT2D eigenvalue weighted by molar-refractivity contribution is 8.07. The second kappa shape index (κ2) is 31.3. The van der Waals surface area contributed by atoms with Crippen LogP contribution in [0.4, 0.5) is 5.82 Å². The third kappa shape index (κ3) is 16.6. The number of fused-ring (bicyclic) bond motifs is 1. The lowest BCUT2D eigenvalue weighted by Gasteiger charge is -2.38. The van der Waals surface area contributed by atoms with Crippen LogP contribution in [0.3, 0.4) is 0 Å². The molecule has 0 bridgehead atoms. The zero-order valence-corrected chi connectivity index (χ0v) is 55.8. The van der Waals surface area contributed by atoms with Gasteiger partial charge in [0.05, 0.1) is 85.9 Å². The van der Waals surface area contributed by atoms with Gasteiger partial charge < -0.3 is 33.1 Å². The molecule has 0 spiro atoms. The number of hydrogen-bond acceptors (Lipinski definition) is 26. The highest BCUT2D eigenvalue weighted by Crippen LogP contribution is 2.62. The number of ether oxygens (including phenoxy) is 4. The number of benzene rings is 5. The van der Waals surface area contributed by atoms with Crippen molar-refractivity contribution in [2.45, 2.75) is 107 Å². The molecule has 99 heavy (non-hydrogen) atoms. The van der Waals surface area contributed by atoms with Gasteiger partial charge in [-0.1, -0.05) is 91.0 Å². The molecule has 1 unspecified atom stereocenters. The number of carbonyl (C=O) groups is 5. The average Bonchev–Trinajstić information content (AvgIpc) is 1.43. The van der Waals surface area contributed by atoms with Crippen molar-refractivity contribution in [1.82, 2.24) is 28.7 Å². The predicted octanol–water partition coefficient (Wildman–Crippen LogP) is 8.73. The van der Waals surface area contributed by atoms with Crippen molar-refractivity contribution in [3.8, 4) is 18.2 Å². The number of nitrogens with zero attached hydrogens (tertiary/aromatic N) is 10. The highest BCUT2D eigenvalue weighted by Gasteiger charge is 2.57. The Morgan fingerprint density at radius 3 is 1.62 bits per heavy atom. The Morgan fingerprint density at radius 2 is 1.10 bits per heavy atom. The van der Waals surface area contributed by atoms with Crippen LogP contribution in [0.15, 0.2) is 186 Å². The van der Waals surface area contributed by atoms with Crippen LogP contribution in [0.2, 0.25) is 0 Å². The van der Waals surface area contributed by atoms with Gasteiger partial charge in [0.1, 0.15) is 30.7 Å². The topological polar surface area (TPSA) is 377 Å². The normalized spacial score (nSPS) is 19.8. The average molecular weight is 1410 g/mol. The Labute approximate surface area is 570 Å². The molecule has 2 fully saturated rings. The quantitative estimate of drug-likeness (QED) is 0.0217. The van der Waals surface area contributed by atoms with Gasteiger partial charge >= 0.3 is 32.2 Å². The number of phosphoric acid groups is 1. The predicted molar refractivity (Wildman–Crippen MR) is 351 cm³/mol. The third-order valence-electron chi connectivity index (χ3n) is 15.1. The lowest BCUT2D eigenvalue weighted by atomic mass is 10.1. The van der Waals surface area contributed by atoms with Gasteiger partial charge in [0.15, 0.2) is 41.6 Å². The van der Waals surface area contributed by atoms with E-state index in [2.05, 4.69) is 15.0 Å². The Bertz CT molecular complexity index is 4540. The van der Waals surface area contributed by atoms with Crippen LogP contribution >= 0.6 is 14.5 Å². The van der Waals surface area contributed by atoms with Crippen molar-refractivity contribution in [2.75, 3.05) is 24.7 Å². The minimum absolute atomic E-state index is 0.00391. The number of anilines is 1. The standard InChI is InChI=1S/C67H62N10O19P2S/c1-66(2,32-35-69)95-98(99,96-67(3,4)33-36-70)94-55-53(48(39-78)89-62(55)74-37-31-50(79)76(65(74)85)58(80)43-21-10-5-11-22-43)93-97(86,87-38-20-34-68)88-40-49-52(91-63(83)46-27-16-8-17-28-46)54(92-64(84)47-29-18-9-19-30-47)61(90-49)75-42-73-51-56(75)71-41-72-57(51)77(59(81)44-23-12-6-13-24-44)60(82)45-25-14-7-15-26-45/h5-19,21-31,37,41-42,48-49,52-55,61-62,78H,20,32-33,38-40H2,1-4H3/t48-,49-,52-,53-,54-,55-,61-,62-,97?/m1/s1. The fraction of sp³-hybridized carbons (Fsp3) is 0.299. The summed E-state index contributed by atoms with van der Waals surface area (Å²) in [6.07, 6.45) is -12.8. The summed E-state index contributed by atoms with van der Waals surface area (Å²) in [5.41, 5.74) is -5.61. The van der Waals surface area contributed by atoms with Gasteiger partial charge in [0.25, 0.3) is 23.3 Å². The first kappa shape index (κ1) is 71.8. The Morgan fingerprint density at radius 1 is 0.606 bits per heavy atom. The molecule has 2 aliphatic rings. The number of aliphatic hydroxyl groups excluding tert-OH is 1. The van der Waals surface area contributed by atoms with E-state index >= 15 is 4.57 Å². The highest BCUT2D eigenvalue weighted by atomic mass is 32.5. The SMILES string of the molecule is CC(C)(CC#N)OP(=S)(O[C@@H]1[C@H](OP(=O)(OCCC#N)OC[C@H]2O[C@@H](n3cnc4c(N(C(=O)c5ccccc5)C(=O)c5ccccc5)ncnc43)[C@H](OC(=O)c3ccccc3)[C@@H]2OC(=O)c2ccccc2)[C@@H](CO)O[C@H]1n1ccc(=O)n(C(=O)c2ccccc2)c1=O)OC(C)(C)CC#N. The second-order valence-electron chi connectivity index (χ2n) is 23.3. The van der Waals surface area contributed by atoms with E-state index in [1.807, 2.05) is 18.2 Å². The monoisotopic (exact) mass is 1400 g/mol. The van der Waals surface area contributed by atoms with E-state index in [1.54, 1.807) is 78.9 Å². The number of carbonyl (C=O) groups excluding carboxylic acids is 5. The summed E-state index contributed by atoms with van der Waals surface area (Å²) in [7, 11) is -5.48. The number of rotatable bonds is 27. The molecule has 2 saturated heterocycles. The Kier molecular flexibility index (Phi) is 22.7. The molecular formula is C67H62N10O19P2S. The number of esters is 2. The molecule has 0 radical (unpaired) electrons. The molecule has 1 N–H and O–H groups in total. The summed E-state index contributed by atoms with van der Waals surface area (Å²) in [6.45, 7) is -1.47. The maximum absolute atomic E-state index is 15.9. The van der Waals surface area contributed by atoms with Crippen molar-refractivity contribution in [3.05, 3.63) is 225 Å². The molecule has 5 aromatic carbocycles. The van der Waals surface area contributed by atoms with Crippen LogP contribution in [0.5, 0.6) is 0 Å². The zero-order valence-electron chi connectivity index (χ0n) is 53.2. The molecule has 0 aliphatic carbocycles. The Hall–Kier alpha value is -9.93. The van der Waals surface area contributed by atoms with Gasteiger partial charge in [0.2, 0.25) is 0 Å². The summed E-state index contributed by atoms with van der Waals surface area (Å²) in [5, 5.41) is 40.8. The number of aromatic nitrogens is 6.